The fraction of sp³-hybridized carbons (Fsp3) is 0.481. The largest absolute Gasteiger partial charge is 0.478 e. The highest BCUT2D eigenvalue weighted by Gasteiger charge is 2.05. The second-order valence-corrected chi connectivity index (χ2v) is 7.70. The zero-order valence-electron chi connectivity index (χ0n) is 18.9. The molecule has 4 heteroatoms. The zero-order chi connectivity index (χ0) is 22.6. The molecule has 0 heterocycles. The van der Waals surface area contributed by atoms with Gasteiger partial charge in [-0.15, -0.1) is 0 Å². The minimum atomic E-state index is -1.01. The van der Waals surface area contributed by atoms with E-state index in [1.54, 1.807) is 24.3 Å². The van der Waals surface area contributed by atoms with Gasteiger partial charge < -0.3 is 9.84 Å². The SMILES string of the molecule is CCCCC/C=C\C/C=C\CCCCCCCC(=O)Oc1cccc(/C=C/C(=O)O)c1. The fourth-order valence-electron chi connectivity index (χ4n) is 3.11. The molecule has 1 rings (SSSR count). The molecule has 0 spiro atoms. The molecule has 0 saturated heterocycles. The van der Waals surface area contributed by atoms with Gasteiger partial charge in [0.05, 0.1) is 0 Å². The zero-order valence-corrected chi connectivity index (χ0v) is 18.9. The molecule has 1 aromatic rings. The Morgan fingerprint density at radius 2 is 1.58 bits per heavy atom. The Morgan fingerprint density at radius 3 is 2.29 bits per heavy atom. The lowest BCUT2D eigenvalue weighted by Gasteiger charge is -2.05. The van der Waals surface area contributed by atoms with Crippen LogP contribution in [0.25, 0.3) is 6.08 Å². The van der Waals surface area contributed by atoms with Crippen molar-refractivity contribution in [2.75, 3.05) is 0 Å². The van der Waals surface area contributed by atoms with Gasteiger partial charge in [0.1, 0.15) is 5.75 Å². The fourth-order valence-corrected chi connectivity index (χ4v) is 3.11. The predicted molar refractivity (Wildman–Crippen MR) is 128 cm³/mol. The van der Waals surface area contributed by atoms with E-state index in [1.807, 2.05) is 0 Å². The van der Waals surface area contributed by atoms with Gasteiger partial charge in [0.2, 0.25) is 0 Å². The van der Waals surface area contributed by atoms with Gasteiger partial charge >= 0.3 is 11.9 Å². The molecule has 1 aromatic carbocycles. The Balaban J connectivity index is 2.04. The number of esters is 1. The van der Waals surface area contributed by atoms with E-state index < -0.39 is 5.97 Å². The number of ether oxygens (including phenoxy) is 1. The summed E-state index contributed by atoms with van der Waals surface area (Å²) in [7, 11) is 0. The lowest BCUT2D eigenvalue weighted by Crippen LogP contribution is -2.07. The third-order valence-electron chi connectivity index (χ3n) is 4.84. The average molecular weight is 427 g/mol. The highest BCUT2D eigenvalue weighted by atomic mass is 16.5. The molecule has 0 radical (unpaired) electrons. The van der Waals surface area contributed by atoms with Gasteiger partial charge in [-0.3, -0.25) is 4.79 Å². The standard InChI is InChI=1S/C27H38O4/c1-2-3-4-5-6-7-8-9-10-11-12-13-14-15-16-20-27(30)31-25-19-17-18-24(23-25)21-22-26(28)29/h6-7,9-10,17-19,21-23H,2-5,8,11-16,20H2,1H3,(H,28,29)/b7-6-,10-9-,22-21+. The molecule has 4 nitrogen and oxygen atoms in total. The molecule has 0 amide bonds. The van der Waals surface area contributed by atoms with Crippen LogP contribution in [0.15, 0.2) is 54.6 Å². The minimum absolute atomic E-state index is 0.245. The van der Waals surface area contributed by atoms with Crippen LogP contribution in [-0.4, -0.2) is 17.0 Å². The van der Waals surface area contributed by atoms with Gasteiger partial charge in [0.15, 0.2) is 0 Å². The van der Waals surface area contributed by atoms with Gasteiger partial charge in [0.25, 0.3) is 0 Å². The molecule has 0 unspecified atom stereocenters. The normalized spacial score (nSPS) is 11.6. The molecule has 0 aliphatic rings. The molecule has 31 heavy (non-hydrogen) atoms. The van der Waals surface area contributed by atoms with E-state index in [0.717, 1.165) is 38.2 Å². The number of carbonyl (C=O) groups is 2. The smallest absolute Gasteiger partial charge is 0.328 e. The second kappa shape index (κ2) is 18.2. The number of hydrogen-bond donors (Lipinski definition) is 1. The number of carboxylic acids is 1. The first-order valence-electron chi connectivity index (χ1n) is 11.6. The number of rotatable bonds is 17. The van der Waals surface area contributed by atoms with Crippen molar-refractivity contribution in [2.45, 2.75) is 84.0 Å². The van der Waals surface area contributed by atoms with Crippen molar-refractivity contribution in [3.05, 3.63) is 60.2 Å². The molecule has 0 saturated carbocycles. The first-order chi connectivity index (χ1) is 15.1. The Labute approximate surface area is 187 Å². The summed E-state index contributed by atoms with van der Waals surface area (Å²) < 4.78 is 5.35. The van der Waals surface area contributed by atoms with Crippen molar-refractivity contribution < 1.29 is 19.4 Å². The predicted octanol–water partition coefficient (Wildman–Crippen LogP) is 7.50. The Morgan fingerprint density at radius 1 is 0.903 bits per heavy atom. The summed E-state index contributed by atoms with van der Waals surface area (Å²) in [6.07, 6.45) is 24.6. The lowest BCUT2D eigenvalue weighted by atomic mass is 10.1. The first kappa shape index (κ1) is 26.4. The maximum absolute atomic E-state index is 12.0. The van der Waals surface area contributed by atoms with Crippen molar-refractivity contribution in [3.8, 4) is 5.75 Å². The number of hydrogen-bond acceptors (Lipinski definition) is 3. The molecular formula is C27H38O4. The molecule has 0 aliphatic carbocycles. The van der Waals surface area contributed by atoms with Crippen LogP contribution in [0.2, 0.25) is 0 Å². The first-order valence-corrected chi connectivity index (χ1v) is 11.6. The van der Waals surface area contributed by atoms with Crippen LogP contribution in [-0.2, 0) is 9.59 Å². The Kier molecular flexibility index (Phi) is 15.5. The van der Waals surface area contributed by atoms with E-state index in [9.17, 15) is 9.59 Å². The van der Waals surface area contributed by atoms with Gasteiger partial charge in [0, 0.05) is 12.5 Å². The quantitative estimate of drug-likeness (QED) is 0.0920. The lowest BCUT2D eigenvalue weighted by molar-refractivity contribution is -0.134. The number of benzene rings is 1. The maximum atomic E-state index is 12.0. The summed E-state index contributed by atoms with van der Waals surface area (Å²) in [4.78, 5) is 22.6. The van der Waals surface area contributed by atoms with Gasteiger partial charge in [-0.05, 0) is 62.3 Å². The number of carboxylic acid groups (broad SMARTS) is 1. The van der Waals surface area contributed by atoms with Crippen LogP contribution >= 0.6 is 0 Å². The topological polar surface area (TPSA) is 63.6 Å². The van der Waals surface area contributed by atoms with Crippen molar-refractivity contribution in [1.82, 2.24) is 0 Å². The van der Waals surface area contributed by atoms with Crippen molar-refractivity contribution in [3.63, 3.8) is 0 Å². The van der Waals surface area contributed by atoms with Crippen LogP contribution in [0.1, 0.15) is 89.5 Å². The molecule has 1 N–H and O–H groups in total. The highest BCUT2D eigenvalue weighted by Crippen LogP contribution is 2.16. The third kappa shape index (κ3) is 15.8. The number of allylic oxidation sites excluding steroid dienone is 4. The monoisotopic (exact) mass is 426 g/mol. The number of aliphatic carboxylic acids is 1. The summed E-state index contributed by atoms with van der Waals surface area (Å²) in [5.41, 5.74) is 0.685. The van der Waals surface area contributed by atoms with E-state index in [4.69, 9.17) is 9.84 Å². The molecule has 0 aliphatic heterocycles. The van der Waals surface area contributed by atoms with E-state index in [-0.39, 0.29) is 5.97 Å². The Hall–Kier alpha value is -2.62. The van der Waals surface area contributed by atoms with Crippen molar-refractivity contribution >= 4 is 18.0 Å². The summed E-state index contributed by atoms with van der Waals surface area (Å²) >= 11 is 0. The summed E-state index contributed by atoms with van der Waals surface area (Å²) in [6.45, 7) is 2.23. The van der Waals surface area contributed by atoms with Crippen LogP contribution in [0.4, 0.5) is 0 Å². The highest BCUT2D eigenvalue weighted by molar-refractivity contribution is 5.85. The number of carbonyl (C=O) groups excluding carboxylic acids is 1. The molecule has 170 valence electrons. The van der Waals surface area contributed by atoms with Crippen LogP contribution in [0.5, 0.6) is 5.75 Å². The van der Waals surface area contributed by atoms with Crippen LogP contribution in [0, 0.1) is 0 Å². The molecular weight excluding hydrogens is 388 g/mol. The summed E-state index contributed by atoms with van der Waals surface area (Å²) in [6, 6.07) is 6.86. The molecule has 0 atom stereocenters. The van der Waals surface area contributed by atoms with Crippen LogP contribution < -0.4 is 4.74 Å². The van der Waals surface area contributed by atoms with E-state index in [0.29, 0.717) is 17.7 Å². The number of unbranched alkanes of at least 4 members (excludes halogenated alkanes) is 8. The molecule has 0 aromatic heterocycles. The summed E-state index contributed by atoms with van der Waals surface area (Å²) in [5, 5.41) is 8.67. The van der Waals surface area contributed by atoms with E-state index >= 15 is 0 Å². The van der Waals surface area contributed by atoms with E-state index in [2.05, 4.69) is 31.2 Å². The van der Waals surface area contributed by atoms with Gasteiger partial charge in [-0.1, -0.05) is 75.5 Å². The maximum Gasteiger partial charge on any atom is 0.328 e. The molecule has 0 bridgehead atoms. The van der Waals surface area contributed by atoms with Crippen LogP contribution in [0.3, 0.4) is 0 Å². The average Bonchev–Trinajstić information content (AvgIpc) is 2.75. The van der Waals surface area contributed by atoms with E-state index in [1.165, 1.54) is 44.6 Å². The summed E-state index contributed by atoms with van der Waals surface area (Å²) in [5.74, 6) is -0.811. The van der Waals surface area contributed by atoms with Gasteiger partial charge in [-0.25, -0.2) is 4.79 Å². The molecule has 0 fully saturated rings. The minimum Gasteiger partial charge on any atom is -0.478 e. The van der Waals surface area contributed by atoms with Gasteiger partial charge in [-0.2, -0.15) is 0 Å². The second-order valence-electron chi connectivity index (χ2n) is 7.70. The van der Waals surface area contributed by atoms with Crippen molar-refractivity contribution in [2.24, 2.45) is 0 Å². The Bertz CT molecular complexity index is 716. The van der Waals surface area contributed by atoms with Crippen molar-refractivity contribution in [1.29, 1.82) is 0 Å². The third-order valence-corrected chi connectivity index (χ3v) is 4.84.